The molecule has 164 valence electrons. The largest absolute Gasteiger partial charge is 0.497 e. The lowest BCUT2D eigenvalue weighted by molar-refractivity contribution is 0.0728. The maximum absolute atomic E-state index is 13.5. The smallest absolute Gasteiger partial charge is 0.259 e. The first kappa shape index (κ1) is 21.7. The van der Waals surface area contributed by atoms with Crippen LogP contribution >= 0.6 is 11.6 Å². The Morgan fingerprint density at radius 3 is 2.62 bits per heavy atom. The molecule has 1 aromatic heterocycles. The second-order valence-corrected chi connectivity index (χ2v) is 8.18. The lowest BCUT2D eigenvalue weighted by Crippen LogP contribution is -2.36. The molecule has 0 fully saturated rings. The molecule has 7 nitrogen and oxygen atoms in total. The number of carbonyl (C=O) groups is 1. The van der Waals surface area contributed by atoms with Crippen LogP contribution in [0.4, 0.5) is 0 Å². The number of aromatic nitrogens is 2. The number of nitrogens with zero attached hydrogens (tertiary/aromatic N) is 4. The van der Waals surface area contributed by atoms with Crippen molar-refractivity contribution in [2.75, 3.05) is 13.7 Å². The van der Waals surface area contributed by atoms with E-state index in [9.17, 15) is 10.1 Å². The van der Waals surface area contributed by atoms with Gasteiger partial charge >= 0.3 is 0 Å². The number of amides is 1. The highest BCUT2D eigenvalue weighted by molar-refractivity contribution is 6.35. The van der Waals surface area contributed by atoms with Crippen LogP contribution in [0.5, 0.6) is 11.5 Å². The summed E-state index contributed by atoms with van der Waals surface area (Å²) in [5.74, 6) is 0.901. The quantitative estimate of drug-likeness (QED) is 0.575. The molecule has 2 aromatic carbocycles. The highest BCUT2D eigenvalue weighted by Gasteiger charge is 2.29. The molecule has 32 heavy (non-hydrogen) atoms. The van der Waals surface area contributed by atoms with E-state index in [-0.39, 0.29) is 28.2 Å². The van der Waals surface area contributed by atoms with Gasteiger partial charge in [-0.1, -0.05) is 11.6 Å². The van der Waals surface area contributed by atoms with Gasteiger partial charge in [0.15, 0.2) is 0 Å². The van der Waals surface area contributed by atoms with Crippen molar-refractivity contribution in [3.8, 4) is 23.3 Å². The lowest BCUT2D eigenvalue weighted by Gasteiger charge is -2.27. The zero-order valence-electron chi connectivity index (χ0n) is 18.1. The van der Waals surface area contributed by atoms with Crippen LogP contribution in [-0.2, 0) is 13.0 Å². The van der Waals surface area contributed by atoms with Gasteiger partial charge in [-0.3, -0.25) is 4.79 Å². The topological polar surface area (TPSA) is 80.4 Å². The van der Waals surface area contributed by atoms with Crippen LogP contribution in [-0.4, -0.2) is 40.3 Å². The summed E-state index contributed by atoms with van der Waals surface area (Å²) in [6.45, 7) is 4.65. The number of hydrogen-bond donors (Lipinski definition) is 0. The predicted octanol–water partition coefficient (Wildman–Crippen LogP) is 4.39. The Balaban J connectivity index is 1.62. The molecule has 1 amide bonds. The van der Waals surface area contributed by atoms with Crippen molar-refractivity contribution in [3.05, 3.63) is 70.0 Å². The summed E-state index contributed by atoms with van der Waals surface area (Å²) in [6.07, 6.45) is 2.43. The Bertz CT molecular complexity index is 1200. The molecule has 1 aliphatic heterocycles. The molecular formula is C24H23ClN4O3. The minimum atomic E-state index is -0.259. The van der Waals surface area contributed by atoms with Crippen LogP contribution in [0.1, 0.15) is 41.0 Å². The molecule has 2 heterocycles. The maximum atomic E-state index is 13.5. The zero-order valence-corrected chi connectivity index (χ0v) is 18.9. The van der Waals surface area contributed by atoms with Crippen LogP contribution in [0.2, 0.25) is 5.02 Å². The van der Waals surface area contributed by atoms with Gasteiger partial charge in [0.05, 0.1) is 35.2 Å². The Morgan fingerprint density at radius 1 is 1.22 bits per heavy atom. The number of methoxy groups -OCH3 is 1. The van der Waals surface area contributed by atoms with Crippen molar-refractivity contribution >= 4 is 17.5 Å². The van der Waals surface area contributed by atoms with Gasteiger partial charge in [-0.05, 0) is 50.2 Å². The Kier molecular flexibility index (Phi) is 6.06. The number of halogens is 1. The lowest BCUT2D eigenvalue weighted by atomic mass is 10.0. The van der Waals surface area contributed by atoms with Gasteiger partial charge in [-0.15, -0.1) is 0 Å². The van der Waals surface area contributed by atoms with Crippen LogP contribution in [0, 0.1) is 11.3 Å². The van der Waals surface area contributed by atoms with Gasteiger partial charge in [0, 0.05) is 31.3 Å². The predicted molar refractivity (Wildman–Crippen MR) is 120 cm³/mol. The molecule has 3 aromatic rings. The van der Waals surface area contributed by atoms with Crippen LogP contribution in [0.25, 0.3) is 5.69 Å². The van der Waals surface area contributed by atoms with Crippen LogP contribution in [0.15, 0.2) is 42.6 Å². The molecule has 0 aliphatic carbocycles. The summed E-state index contributed by atoms with van der Waals surface area (Å²) in [7, 11) is 1.63. The molecule has 0 atom stereocenters. The van der Waals surface area contributed by atoms with E-state index in [4.69, 9.17) is 21.1 Å². The van der Waals surface area contributed by atoms with Gasteiger partial charge in [-0.25, -0.2) is 4.68 Å². The highest BCUT2D eigenvalue weighted by atomic mass is 35.5. The number of hydrogen-bond acceptors (Lipinski definition) is 5. The van der Waals surface area contributed by atoms with E-state index in [0.717, 1.165) is 22.7 Å². The number of rotatable bonds is 5. The second kappa shape index (κ2) is 8.93. The molecule has 1 aliphatic rings. The summed E-state index contributed by atoms with van der Waals surface area (Å²) in [5.41, 5.74) is 3.32. The number of nitriles is 1. The molecule has 0 saturated heterocycles. The summed E-state index contributed by atoms with van der Waals surface area (Å²) in [4.78, 5) is 15.2. The third kappa shape index (κ3) is 4.14. The van der Waals surface area contributed by atoms with Crippen molar-refractivity contribution in [2.45, 2.75) is 32.9 Å². The Morgan fingerprint density at radius 2 is 1.97 bits per heavy atom. The molecule has 0 radical (unpaired) electrons. The minimum Gasteiger partial charge on any atom is -0.497 e. The van der Waals surface area contributed by atoms with E-state index in [2.05, 4.69) is 5.10 Å². The number of fused-ring (bicyclic) bond motifs is 1. The molecule has 0 saturated carbocycles. The standard InChI is InChI=1S/C24H23ClN4O3/c1-15(2)32-21-9-4-16(12-26)23(25)22(21)24(30)28-11-10-20-17(13-28)14-29(27-20)18-5-7-19(31-3)8-6-18/h4-9,14-15H,10-11,13H2,1-3H3. The third-order valence-electron chi connectivity index (χ3n) is 5.28. The number of ether oxygens (including phenoxy) is 2. The van der Waals surface area contributed by atoms with Crippen molar-refractivity contribution in [2.24, 2.45) is 0 Å². The summed E-state index contributed by atoms with van der Waals surface area (Å²) in [6, 6.07) is 12.9. The first-order valence-electron chi connectivity index (χ1n) is 10.3. The van der Waals surface area contributed by atoms with E-state index < -0.39 is 0 Å². The second-order valence-electron chi connectivity index (χ2n) is 7.80. The van der Waals surface area contributed by atoms with Crippen LogP contribution in [0.3, 0.4) is 0 Å². The fourth-order valence-corrected chi connectivity index (χ4v) is 3.99. The molecule has 0 bridgehead atoms. The molecule has 0 unspecified atom stereocenters. The molecular weight excluding hydrogens is 428 g/mol. The van der Waals surface area contributed by atoms with Gasteiger partial charge in [0.25, 0.3) is 5.91 Å². The average Bonchev–Trinajstić information content (AvgIpc) is 3.22. The van der Waals surface area contributed by atoms with Crippen molar-refractivity contribution in [1.82, 2.24) is 14.7 Å². The van der Waals surface area contributed by atoms with E-state index in [0.29, 0.717) is 25.3 Å². The summed E-state index contributed by atoms with van der Waals surface area (Å²) >= 11 is 6.44. The minimum absolute atomic E-state index is 0.121. The third-order valence-corrected chi connectivity index (χ3v) is 5.67. The normalized spacial score (nSPS) is 12.9. The van der Waals surface area contributed by atoms with Crippen molar-refractivity contribution in [3.63, 3.8) is 0 Å². The molecule has 8 heteroatoms. The summed E-state index contributed by atoms with van der Waals surface area (Å²) in [5, 5.41) is 14.2. The monoisotopic (exact) mass is 450 g/mol. The van der Waals surface area contributed by atoms with E-state index in [1.807, 2.05) is 55.1 Å². The van der Waals surface area contributed by atoms with Crippen molar-refractivity contribution < 1.29 is 14.3 Å². The fraction of sp³-hybridized carbons (Fsp3) is 0.292. The van der Waals surface area contributed by atoms with Gasteiger partial charge in [0.1, 0.15) is 23.1 Å². The molecule has 0 spiro atoms. The maximum Gasteiger partial charge on any atom is 0.259 e. The van der Waals surface area contributed by atoms with Gasteiger partial charge in [-0.2, -0.15) is 10.4 Å². The fourth-order valence-electron chi connectivity index (χ4n) is 3.71. The van der Waals surface area contributed by atoms with Crippen LogP contribution < -0.4 is 9.47 Å². The zero-order chi connectivity index (χ0) is 22.8. The SMILES string of the molecule is COc1ccc(-n2cc3c(n2)CCN(C(=O)c2c(OC(C)C)ccc(C#N)c2Cl)C3)cc1. The first-order chi connectivity index (χ1) is 15.4. The van der Waals surface area contributed by atoms with Crippen molar-refractivity contribution in [1.29, 1.82) is 5.26 Å². The van der Waals surface area contributed by atoms with E-state index in [1.54, 1.807) is 24.1 Å². The molecule has 4 rings (SSSR count). The Hall–Kier alpha value is -3.50. The Labute approximate surface area is 191 Å². The first-order valence-corrected chi connectivity index (χ1v) is 10.7. The average molecular weight is 451 g/mol. The number of benzene rings is 2. The highest BCUT2D eigenvalue weighted by Crippen LogP contribution is 2.33. The van der Waals surface area contributed by atoms with E-state index in [1.165, 1.54) is 0 Å². The number of carbonyl (C=O) groups excluding carboxylic acids is 1. The van der Waals surface area contributed by atoms with Gasteiger partial charge in [0.2, 0.25) is 0 Å². The van der Waals surface area contributed by atoms with E-state index >= 15 is 0 Å². The summed E-state index contributed by atoms with van der Waals surface area (Å²) < 4.78 is 12.8. The molecule has 0 N–H and O–H groups in total. The van der Waals surface area contributed by atoms with Gasteiger partial charge < -0.3 is 14.4 Å².